The molecule has 27 heavy (non-hydrogen) atoms. The summed E-state index contributed by atoms with van der Waals surface area (Å²) in [5.74, 6) is 9.30. The molecule has 4 heteroatoms. The molecule has 3 rings (SSSR count). The first-order valence-corrected chi connectivity index (χ1v) is 10.1. The lowest BCUT2D eigenvalue weighted by Crippen LogP contribution is -2.43. The van der Waals surface area contributed by atoms with Crippen molar-refractivity contribution < 1.29 is 4.74 Å². The number of ether oxygens (including phenoxy) is 1. The molecule has 0 amide bonds. The first-order chi connectivity index (χ1) is 13.0. The highest BCUT2D eigenvalue weighted by molar-refractivity contribution is 5.97. The minimum absolute atomic E-state index is 0.00720. The Morgan fingerprint density at radius 3 is 2.81 bits per heavy atom. The van der Waals surface area contributed by atoms with E-state index in [1.165, 1.54) is 24.8 Å². The Labute approximate surface area is 164 Å². The third-order valence-electron chi connectivity index (χ3n) is 6.16. The van der Waals surface area contributed by atoms with E-state index in [0.717, 1.165) is 61.3 Å². The van der Waals surface area contributed by atoms with Crippen LogP contribution in [0.3, 0.4) is 0 Å². The second-order valence-corrected chi connectivity index (χ2v) is 8.13. The molecule has 0 unspecified atom stereocenters. The summed E-state index contributed by atoms with van der Waals surface area (Å²) < 4.78 is 5.69. The van der Waals surface area contributed by atoms with Crippen LogP contribution in [-0.2, 0) is 4.74 Å². The number of allylic oxidation sites excluding steroid dienone is 3. The van der Waals surface area contributed by atoms with Gasteiger partial charge in [0.25, 0.3) is 0 Å². The molecule has 1 N–H and O–H groups in total. The molecular formula is C23H33N3O. The molecule has 2 aliphatic heterocycles. The molecule has 1 spiro atoms. The fourth-order valence-electron chi connectivity index (χ4n) is 4.49. The Kier molecular flexibility index (Phi) is 6.11. The zero-order valence-electron chi connectivity index (χ0n) is 17.3. The lowest BCUT2D eigenvalue weighted by molar-refractivity contribution is 0.204. The van der Waals surface area contributed by atoms with Crippen molar-refractivity contribution in [3.8, 4) is 11.8 Å². The fraction of sp³-hybridized carbons (Fsp3) is 0.609. The molecular weight excluding hydrogens is 334 g/mol. The summed E-state index contributed by atoms with van der Waals surface area (Å²) in [7, 11) is 3.66. The number of hydrogen-bond acceptors (Lipinski definition) is 4. The van der Waals surface area contributed by atoms with E-state index in [4.69, 9.17) is 4.74 Å². The third kappa shape index (κ3) is 3.99. The number of likely N-dealkylation sites (tertiary alicyclic amines) is 1. The Morgan fingerprint density at radius 1 is 1.44 bits per heavy atom. The fourth-order valence-corrected chi connectivity index (χ4v) is 4.49. The maximum absolute atomic E-state index is 5.69. The number of amidine groups is 1. The van der Waals surface area contributed by atoms with Gasteiger partial charge in [-0.2, -0.15) is 0 Å². The number of nitrogens with one attached hydrogen (secondary N) is 1. The van der Waals surface area contributed by atoms with Gasteiger partial charge in [-0.3, -0.25) is 4.90 Å². The molecule has 0 aromatic heterocycles. The van der Waals surface area contributed by atoms with Crippen molar-refractivity contribution in [2.75, 3.05) is 33.8 Å². The van der Waals surface area contributed by atoms with Crippen LogP contribution in [0.25, 0.3) is 0 Å². The van der Waals surface area contributed by atoms with Gasteiger partial charge in [-0.1, -0.05) is 31.8 Å². The van der Waals surface area contributed by atoms with Crippen LogP contribution in [0, 0.1) is 23.2 Å². The monoisotopic (exact) mass is 367 g/mol. The van der Waals surface area contributed by atoms with Crippen LogP contribution in [0.1, 0.15) is 46.0 Å². The maximum atomic E-state index is 5.69. The predicted octanol–water partition coefficient (Wildman–Crippen LogP) is 3.88. The Balaban J connectivity index is 1.77. The van der Waals surface area contributed by atoms with E-state index in [1.807, 2.05) is 14.0 Å². The van der Waals surface area contributed by atoms with E-state index < -0.39 is 0 Å². The van der Waals surface area contributed by atoms with Gasteiger partial charge in [0.15, 0.2) is 0 Å². The zero-order valence-corrected chi connectivity index (χ0v) is 17.3. The number of nitrogens with zero attached hydrogens (tertiary/aromatic N) is 2. The Morgan fingerprint density at radius 2 is 2.22 bits per heavy atom. The molecule has 1 atom stereocenters. The van der Waals surface area contributed by atoms with E-state index in [9.17, 15) is 0 Å². The summed E-state index contributed by atoms with van der Waals surface area (Å²) in [6.45, 7) is 11.7. The summed E-state index contributed by atoms with van der Waals surface area (Å²) in [6, 6.07) is 0. The summed E-state index contributed by atoms with van der Waals surface area (Å²) in [6.07, 6.45) is 8.20. The van der Waals surface area contributed by atoms with Gasteiger partial charge in [0, 0.05) is 19.2 Å². The van der Waals surface area contributed by atoms with Gasteiger partial charge in [-0.15, -0.1) is 0 Å². The van der Waals surface area contributed by atoms with Gasteiger partial charge < -0.3 is 10.1 Å². The van der Waals surface area contributed by atoms with Gasteiger partial charge in [0.05, 0.1) is 24.8 Å². The molecule has 2 heterocycles. The first-order valence-electron chi connectivity index (χ1n) is 10.1. The highest BCUT2D eigenvalue weighted by Gasteiger charge is 2.49. The summed E-state index contributed by atoms with van der Waals surface area (Å²) in [4.78, 5) is 7.12. The number of hydrogen-bond donors (Lipinski definition) is 1. The highest BCUT2D eigenvalue weighted by Crippen LogP contribution is 2.54. The average Bonchev–Trinajstić information content (AvgIpc) is 2.91. The minimum Gasteiger partial charge on any atom is -0.496 e. The van der Waals surface area contributed by atoms with Crippen LogP contribution in [0.2, 0.25) is 0 Å². The van der Waals surface area contributed by atoms with Crippen molar-refractivity contribution in [3.63, 3.8) is 0 Å². The minimum atomic E-state index is 0.00720. The number of aliphatic imine (C=N–C) groups is 1. The molecule has 4 nitrogen and oxygen atoms in total. The molecule has 3 aliphatic rings. The lowest BCUT2D eigenvalue weighted by atomic mass is 9.63. The Hall–Kier alpha value is -1.99. The first kappa shape index (κ1) is 19.8. The van der Waals surface area contributed by atoms with Gasteiger partial charge in [0.1, 0.15) is 11.6 Å². The van der Waals surface area contributed by atoms with Gasteiger partial charge in [0.2, 0.25) is 0 Å². The SMILES string of the molecule is C=C1N=C(NC)C2(CCC2)/C1=C/C(OC)=C(\C)C#CCN1CCC[C@@H](C)C1. The maximum Gasteiger partial charge on any atom is 0.130 e. The van der Waals surface area contributed by atoms with Crippen molar-refractivity contribution in [3.05, 3.63) is 35.3 Å². The van der Waals surface area contributed by atoms with Crippen LogP contribution in [0.15, 0.2) is 40.2 Å². The highest BCUT2D eigenvalue weighted by atomic mass is 16.5. The van der Waals surface area contributed by atoms with Crippen molar-refractivity contribution in [1.82, 2.24) is 10.2 Å². The van der Waals surface area contributed by atoms with Crippen molar-refractivity contribution >= 4 is 5.84 Å². The summed E-state index contributed by atoms with van der Waals surface area (Å²) in [5, 5.41) is 3.27. The average molecular weight is 368 g/mol. The zero-order chi connectivity index (χ0) is 19.4. The molecule has 0 radical (unpaired) electrons. The van der Waals surface area contributed by atoms with Gasteiger partial charge in [-0.05, 0) is 56.7 Å². The molecule has 146 valence electrons. The quantitative estimate of drug-likeness (QED) is 0.607. The smallest absolute Gasteiger partial charge is 0.130 e. The van der Waals surface area contributed by atoms with Crippen LogP contribution in [0.4, 0.5) is 0 Å². The number of piperidine rings is 1. The Bertz CT molecular complexity index is 743. The van der Waals surface area contributed by atoms with Crippen LogP contribution in [-0.4, -0.2) is 44.5 Å². The van der Waals surface area contributed by atoms with Crippen LogP contribution < -0.4 is 5.32 Å². The number of methoxy groups -OCH3 is 1. The van der Waals surface area contributed by atoms with Crippen molar-refractivity contribution in [1.29, 1.82) is 0 Å². The van der Waals surface area contributed by atoms with Crippen molar-refractivity contribution in [2.24, 2.45) is 16.3 Å². The molecule has 0 aromatic rings. The molecule has 2 fully saturated rings. The largest absolute Gasteiger partial charge is 0.496 e. The van der Waals surface area contributed by atoms with E-state index in [1.54, 1.807) is 7.11 Å². The normalized spacial score (nSPS) is 26.8. The molecule has 1 saturated carbocycles. The molecule has 0 aromatic carbocycles. The van der Waals surface area contributed by atoms with E-state index in [0.29, 0.717) is 0 Å². The van der Waals surface area contributed by atoms with Gasteiger partial charge in [-0.25, -0.2) is 4.99 Å². The van der Waals surface area contributed by atoms with E-state index in [2.05, 4.69) is 46.6 Å². The third-order valence-corrected chi connectivity index (χ3v) is 6.16. The van der Waals surface area contributed by atoms with E-state index >= 15 is 0 Å². The topological polar surface area (TPSA) is 36.9 Å². The summed E-state index contributed by atoms with van der Waals surface area (Å²) in [5.41, 5.74) is 3.00. The standard InChI is InChI=1S/C23H33N3O/c1-17-9-6-13-26(16-17)14-7-10-18(2)21(27-5)15-20-19(3)25-22(24-4)23(20)11-8-12-23/h15,17H,3,6,8-9,11-14,16H2,1-2,4-5H3,(H,24,25)/b20-15+,21-18-/t17-/m1/s1. The lowest BCUT2D eigenvalue weighted by Gasteiger charge is -2.40. The van der Waals surface area contributed by atoms with Crippen LogP contribution >= 0.6 is 0 Å². The van der Waals surface area contributed by atoms with Crippen molar-refractivity contribution in [2.45, 2.75) is 46.0 Å². The number of rotatable bonds is 3. The van der Waals surface area contributed by atoms with E-state index in [-0.39, 0.29) is 5.41 Å². The second kappa shape index (κ2) is 8.35. The summed E-state index contributed by atoms with van der Waals surface area (Å²) >= 11 is 0. The predicted molar refractivity (Wildman–Crippen MR) is 112 cm³/mol. The second-order valence-electron chi connectivity index (χ2n) is 8.13. The molecule has 0 bridgehead atoms. The van der Waals surface area contributed by atoms with Crippen LogP contribution in [0.5, 0.6) is 0 Å². The molecule has 1 aliphatic carbocycles. The van der Waals surface area contributed by atoms with Gasteiger partial charge >= 0.3 is 0 Å². The molecule has 1 saturated heterocycles.